The highest BCUT2D eigenvalue weighted by molar-refractivity contribution is 6.33. The molecular formula is C19H14N2O2. The highest BCUT2D eigenvalue weighted by Crippen LogP contribution is 2.38. The number of nitrogens with zero attached hydrogens (tertiary/aromatic N) is 2. The van der Waals surface area contributed by atoms with Gasteiger partial charge in [-0.3, -0.25) is 0 Å². The van der Waals surface area contributed by atoms with Crippen molar-refractivity contribution in [2.24, 2.45) is 10.3 Å². The SMILES string of the molecule is O/N=C1\c2ccccc2/C(=N/O)C1c1cccc2ccccc12. The van der Waals surface area contributed by atoms with Crippen LogP contribution in [0.2, 0.25) is 0 Å². The van der Waals surface area contributed by atoms with Crippen molar-refractivity contribution in [3.63, 3.8) is 0 Å². The molecule has 4 heteroatoms. The van der Waals surface area contributed by atoms with Crippen molar-refractivity contribution in [2.45, 2.75) is 5.92 Å². The van der Waals surface area contributed by atoms with Crippen LogP contribution in [0.4, 0.5) is 0 Å². The van der Waals surface area contributed by atoms with Crippen LogP contribution < -0.4 is 0 Å². The van der Waals surface area contributed by atoms with Gasteiger partial charge < -0.3 is 10.4 Å². The Bertz CT molecular complexity index is 916. The van der Waals surface area contributed by atoms with Gasteiger partial charge in [0, 0.05) is 11.1 Å². The Hall–Kier alpha value is -3.14. The summed E-state index contributed by atoms with van der Waals surface area (Å²) in [6.45, 7) is 0. The molecular weight excluding hydrogens is 288 g/mol. The molecule has 0 spiro atoms. The average molecular weight is 302 g/mol. The molecule has 2 N–H and O–H groups in total. The van der Waals surface area contributed by atoms with Crippen LogP contribution in [0.3, 0.4) is 0 Å². The molecule has 0 saturated carbocycles. The van der Waals surface area contributed by atoms with Gasteiger partial charge in [-0.25, -0.2) is 0 Å². The smallest absolute Gasteiger partial charge is 0.101 e. The van der Waals surface area contributed by atoms with Crippen LogP contribution in [-0.4, -0.2) is 21.8 Å². The van der Waals surface area contributed by atoms with Crippen molar-refractivity contribution in [3.8, 4) is 0 Å². The van der Waals surface area contributed by atoms with E-state index >= 15 is 0 Å². The van der Waals surface area contributed by atoms with Gasteiger partial charge in [-0.2, -0.15) is 0 Å². The number of hydrogen-bond donors (Lipinski definition) is 2. The van der Waals surface area contributed by atoms with E-state index in [2.05, 4.69) is 10.3 Å². The molecule has 23 heavy (non-hydrogen) atoms. The molecule has 3 aromatic rings. The molecule has 0 aliphatic heterocycles. The van der Waals surface area contributed by atoms with Gasteiger partial charge in [-0.15, -0.1) is 0 Å². The van der Waals surface area contributed by atoms with Gasteiger partial charge in [0.15, 0.2) is 0 Å². The van der Waals surface area contributed by atoms with Crippen molar-refractivity contribution < 1.29 is 10.4 Å². The van der Waals surface area contributed by atoms with E-state index in [0.29, 0.717) is 11.4 Å². The summed E-state index contributed by atoms with van der Waals surface area (Å²) in [5, 5.41) is 28.3. The predicted molar refractivity (Wildman–Crippen MR) is 89.8 cm³/mol. The zero-order valence-corrected chi connectivity index (χ0v) is 12.2. The Morgan fingerprint density at radius 2 is 1.22 bits per heavy atom. The quantitative estimate of drug-likeness (QED) is 0.527. The molecule has 0 bridgehead atoms. The van der Waals surface area contributed by atoms with E-state index in [0.717, 1.165) is 27.5 Å². The highest BCUT2D eigenvalue weighted by Gasteiger charge is 2.37. The van der Waals surface area contributed by atoms with Gasteiger partial charge in [0.05, 0.1) is 5.92 Å². The third kappa shape index (κ3) is 1.92. The van der Waals surface area contributed by atoms with Crippen LogP contribution in [0.1, 0.15) is 22.6 Å². The molecule has 0 heterocycles. The van der Waals surface area contributed by atoms with E-state index in [4.69, 9.17) is 0 Å². The minimum atomic E-state index is -0.395. The van der Waals surface area contributed by atoms with Crippen molar-refractivity contribution in [1.29, 1.82) is 0 Å². The van der Waals surface area contributed by atoms with E-state index in [1.165, 1.54) is 0 Å². The van der Waals surface area contributed by atoms with E-state index in [9.17, 15) is 10.4 Å². The van der Waals surface area contributed by atoms with Gasteiger partial charge >= 0.3 is 0 Å². The third-order valence-electron chi connectivity index (χ3n) is 4.38. The minimum Gasteiger partial charge on any atom is -0.411 e. The van der Waals surface area contributed by atoms with Gasteiger partial charge in [0.2, 0.25) is 0 Å². The van der Waals surface area contributed by atoms with Crippen LogP contribution in [0, 0.1) is 0 Å². The minimum absolute atomic E-state index is 0.395. The molecule has 1 atom stereocenters. The third-order valence-corrected chi connectivity index (χ3v) is 4.38. The Labute approximate surface area is 133 Å². The fourth-order valence-corrected chi connectivity index (χ4v) is 3.39. The number of rotatable bonds is 1. The lowest BCUT2D eigenvalue weighted by atomic mass is 9.89. The Kier molecular flexibility index (Phi) is 3.08. The van der Waals surface area contributed by atoms with Crippen LogP contribution in [0.25, 0.3) is 10.8 Å². The molecule has 0 radical (unpaired) electrons. The number of benzene rings is 3. The Balaban J connectivity index is 2.02. The molecule has 4 rings (SSSR count). The summed E-state index contributed by atoms with van der Waals surface area (Å²) in [5.74, 6) is -0.395. The average Bonchev–Trinajstić information content (AvgIpc) is 2.94. The molecule has 1 unspecified atom stereocenters. The largest absolute Gasteiger partial charge is 0.411 e. The predicted octanol–water partition coefficient (Wildman–Crippen LogP) is 3.99. The molecule has 0 aromatic heterocycles. The summed E-state index contributed by atoms with van der Waals surface area (Å²) in [6.07, 6.45) is 0. The van der Waals surface area contributed by atoms with Crippen LogP contribution in [0.5, 0.6) is 0 Å². The van der Waals surface area contributed by atoms with Crippen molar-refractivity contribution in [2.75, 3.05) is 0 Å². The maximum absolute atomic E-state index is 9.58. The van der Waals surface area contributed by atoms with E-state index in [1.54, 1.807) is 0 Å². The van der Waals surface area contributed by atoms with Crippen LogP contribution in [0.15, 0.2) is 77.0 Å². The first-order valence-electron chi connectivity index (χ1n) is 7.36. The molecule has 0 saturated heterocycles. The van der Waals surface area contributed by atoms with Crippen LogP contribution >= 0.6 is 0 Å². The summed E-state index contributed by atoms with van der Waals surface area (Å²) in [4.78, 5) is 0. The molecule has 0 fully saturated rings. The lowest BCUT2D eigenvalue weighted by Crippen LogP contribution is -2.15. The molecule has 4 nitrogen and oxygen atoms in total. The fraction of sp³-hybridized carbons (Fsp3) is 0.0526. The highest BCUT2D eigenvalue weighted by atomic mass is 16.4. The second kappa shape index (κ2) is 5.25. The standard InChI is InChI=1S/C19H14N2O2/c22-20-18-15-9-3-4-10-16(15)19(21-23)17(18)14-11-5-7-12-6-1-2-8-13(12)14/h1-11,17,22-23H/b20-18-,21-19+. The van der Waals surface area contributed by atoms with Gasteiger partial charge in [0.25, 0.3) is 0 Å². The molecule has 1 aliphatic rings. The van der Waals surface area contributed by atoms with Crippen LogP contribution in [-0.2, 0) is 0 Å². The summed E-state index contributed by atoms with van der Waals surface area (Å²) < 4.78 is 0. The lowest BCUT2D eigenvalue weighted by Gasteiger charge is -2.14. The van der Waals surface area contributed by atoms with Crippen molar-refractivity contribution >= 4 is 22.2 Å². The van der Waals surface area contributed by atoms with E-state index in [-0.39, 0.29) is 0 Å². The second-order valence-corrected chi connectivity index (χ2v) is 5.52. The first-order valence-corrected chi connectivity index (χ1v) is 7.36. The Morgan fingerprint density at radius 1 is 0.652 bits per heavy atom. The summed E-state index contributed by atoms with van der Waals surface area (Å²) in [5.41, 5.74) is 3.55. The normalized spacial score (nSPS) is 20.3. The maximum Gasteiger partial charge on any atom is 0.101 e. The summed E-state index contributed by atoms with van der Waals surface area (Å²) in [7, 11) is 0. The van der Waals surface area contributed by atoms with Gasteiger partial charge in [0.1, 0.15) is 11.4 Å². The Morgan fingerprint density at radius 3 is 1.87 bits per heavy atom. The molecule has 3 aromatic carbocycles. The molecule has 0 amide bonds. The van der Waals surface area contributed by atoms with E-state index in [1.807, 2.05) is 66.7 Å². The zero-order chi connectivity index (χ0) is 15.8. The van der Waals surface area contributed by atoms with Gasteiger partial charge in [-0.1, -0.05) is 77.0 Å². The molecule has 1 aliphatic carbocycles. The lowest BCUT2D eigenvalue weighted by molar-refractivity contribution is 0.315. The monoisotopic (exact) mass is 302 g/mol. The first kappa shape index (κ1) is 13.5. The topological polar surface area (TPSA) is 65.2 Å². The fourth-order valence-electron chi connectivity index (χ4n) is 3.39. The number of hydrogen-bond acceptors (Lipinski definition) is 4. The van der Waals surface area contributed by atoms with E-state index < -0.39 is 5.92 Å². The number of oxime groups is 2. The maximum atomic E-state index is 9.58. The first-order chi connectivity index (χ1) is 11.3. The van der Waals surface area contributed by atoms with Crippen molar-refractivity contribution in [1.82, 2.24) is 0 Å². The second-order valence-electron chi connectivity index (χ2n) is 5.52. The number of fused-ring (bicyclic) bond motifs is 2. The van der Waals surface area contributed by atoms with Gasteiger partial charge in [-0.05, 0) is 16.3 Å². The summed E-state index contributed by atoms with van der Waals surface area (Å²) >= 11 is 0. The van der Waals surface area contributed by atoms with Crippen molar-refractivity contribution in [3.05, 3.63) is 83.4 Å². The molecule has 112 valence electrons. The zero-order valence-electron chi connectivity index (χ0n) is 12.2. The summed E-state index contributed by atoms with van der Waals surface area (Å²) in [6, 6.07) is 21.5.